The van der Waals surface area contributed by atoms with Crippen molar-refractivity contribution in [1.82, 2.24) is 24.6 Å². The number of aromatic nitrogens is 3. The van der Waals surface area contributed by atoms with E-state index in [4.69, 9.17) is 0 Å². The highest BCUT2D eigenvalue weighted by Crippen LogP contribution is 2.17. The van der Waals surface area contributed by atoms with Crippen LogP contribution in [0.4, 0.5) is 0 Å². The molecule has 0 spiro atoms. The first kappa shape index (κ1) is 16.0. The van der Waals surface area contributed by atoms with E-state index >= 15 is 0 Å². The lowest BCUT2D eigenvalue weighted by Gasteiger charge is -2.35. The molecule has 5 nitrogen and oxygen atoms in total. The molecule has 5 heteroatoms. The van der Waals surface area contributed by atoms with Crippen molar-refractivity contribution in [3.63, 3.8) is 0 Å². The molecule has 1 aromatic carbocycles. The highest BCUT2D eigenvalue weighted by molar-refractivity contribution is 5.40. The molecule has 1 aliphatic rings. The Bertz CT molecular complexity index is 777. The van der Waals surface area contributed by atoms with Gasteiger partial charge in [-0.05, 0) is 35.4 Å². The fourth-order valence-electron chi connectivity index (χ4n) is 3.37. The van der Waals surface area contributed by atoms with Crippen LogP contribution < -0.4 is 0 Å². The highest BCUT2D eigenvalue weighted by atomic mass is 15.3. The van der Waals surface area contributed by atoms with Crippen LogP contribution in [-0.2, 0) is 13.1 Å². The van der Waals surface area contributed by atoms with Crippen LogP contribution in [0.15, 0.2) is 67.3 Å². The van der Waals surface area contributed by atoms with E-state index < -0.39 is 0 Å². The number of hydrogen-bond donors (Lipinski definition) is 0. The van der Waals surface area contributed by atoms with Gasteiger partial charge in [-0.25, -0.2) is 4.68 Å². The third-order valence-corrected chi connectivity index (χ3v) is 4.76. The highest BCUT2D eigenvalue weighted by Gasteiger charge is 2.18. The maximum atomic E-state index is 4.38. The molecule has 1 aliphatic heterocycles. The first-order valence-corrected chi connectivity index (χ1v) is 8.80. The summed E-state index contributed by atoms with van der Waals surface area (Å²) >= 11 is 0. The summed E-state index contributed by atoms with van der Waals surface area (Å²) in [6, 6.07) is 14.7. The van der Waals surface area contributed by atoms with E-state index in [0.717, 1.165) is 39.3 Å². The van der Waals surface area contributed by atoms with Crippen molar-refractivity contribution in [2.45, 2.75) is 13.1 Å². The van der Waals surface area contributed by atoms with Crippen molar-refractivity contribution in [2.24, 2.45) is 0 Å². The quantitative estimate of drug-likeness (QED) is 0.719. The zero-order valence-electron chi connectivity index (χ0n) is 14.3. The Hall–Kier alpha value is -2.50. The molecule has 3 aromatic rings. The standard InChI is InChI=1S/C20H23N5/c1-2-5-20(25-11-3-8-22-25)19(4-1)17-24-14-12-23(13-15-24)16-18-6-9-21-10-7-18/h1-11H,12-17H2. The first-order chi connectivity index (χ1) is 12.4. The van der Waals surface area contributed by atoms with Gasteiger partial charge in [0.25, 0.3) is 0 Å². The Kier molecular flexibility index (Phi) is 4.86. The fourth-order valence-corrected chi connectivity index (χ4v) is 3.37. The van der Waals surface area contributed by atoms with E-state index in [1.165, 1.54) is 16.8 Å². The fraction of sp³-hybridized carbons (Fsp3) is 0.300. The summed E-state index contributed by atoms with van der Waals surface area (Å²) in [7, 11) is 0. The topological polar surface area (TPSA) is 37.2 Å². The second-order valence-corrected chi connectivity index (χ2v) is 6.49. The number of pyridine rings is 1. The molecule has 3 heterocycles. The van der Waals surface area contributed by atoms with Gasteiger partial charge in [-0.3, -0.25) is 14.8 Å². The molecule has 0 N–H and O–H groups in total. The van der Waals surface area contributed by atoms with Crippen LogP contribution in [0.25, 0.3) is 5.69 Å². The molecule has 2 aromatic heterocycles. The normalized spacial score (nSPS) is 16.2. The van der Waals surface area contributed by atoms with Gasteiger partial charge in [0.05, 0.1) is 5.69 Å². The molecule has 0 radical (unpaired) electrons. The van der Waals surface area contributed by atoms with E-state index in [0.29, 0.717) is 0 Å². The summed E-state index contributed by atoms with van der Waals surface area (Å²) in [6.45, 7) is 6.38. The maximum absolute atomic E-state index is 4.38. The molecule has 0 amide bonds. The van der Waals surface area contributed by atoms with Crippen LogP contribution in [0.5, 0.6) is 0 Å². The average molecular weight is 333 g/mol. The van der Waals surface area contributed by atoms with E-state index in [1.54, 1.807) is 0 Å². The van der Waals surface area contributed by atoms with Gasteiger partial charge in [-0.15, -0.1) is 0 Å². The van der Waals surface area contributed by atoms with Crippen LogP contribution in [-0.4, -0.2) is 50.7 Å². The van der Waals surface area contributed by atoms with E-state index in [2.05, 4.69) is 56.3 Å². The Morgan fingerprint density at radius 3 is 2.20 bits per heavy atom. The lowest BCUT2D eigenvalue weighted by atomic mass is 10.1. The summed E-state index contributed by atoms with van der Waals surface area (Å²) in [6.07, 6.45) is 7.58. The third-order valence-electron chi connectivity index (χ3n) is 4.76. The van der Waals surface area contributed by atoms with Gasteiger partial charge in [0, 0.05) is 64.1 Å². The molecule has 4 rings (SSSR count). The van der Waals surface area contributed by atoms with Crippen LogP contribution in [0.2, 0.25) is 0 Å². The van der Waals surface area contributed by atoms with E-state index in [-0.39, 0.29) is 0 Å². The second kappa shape index (κ2) is 7.59. The van der Waals surface area contributed by atoms with Crippen molar-refractivity contribution in [3.8, 4) is 5.69 Å². The van der Waals surface area contributed by atoms with Gasteiger partial charge in [-0.1, -0.05) is 18.2 Å². The van der Waals surface area contributed by atoms with Crippen molar-refractivity contribution in [1.29, 1.82) is 0 Å². The SMILES string of the molecule is c1ccc(-n2cccn2)c(CN2CCN(Cc3ccncc3)CC2)c1. The summed E-state index contributed by atoms with van der Waals surface area (Å²) in [5, 5.41) is 4.38. The van der Waals surface area contributed by atoms with Gasteiger partial charge < -0.3 is 0 Å². The molecule has 0 unspecified atom stereocenters. The molecule has 1 saturated heterocycles. The monoisotopic (exact) mass is 333 g/mol. The lowest BCUT2D eigenvalue weighted by Crippen LogP contribution is -2.45. The number of benzene rings is 1. The summed E-state index contributed by atoms with van der Waals surface area (Å²) in [4.78, 5) is 9.15. The lowest BCUT2D eigenvalue weighted by molar-refractivity contribution is 0.122. The molecular formula is C20H23N5. The number of nitrogens with zero attached hydrogens (tertiary/aromatic N) is 5. The molecule has 0 aliphatic carbocycles. The number of hydrogen-bond acceptors (Lipinski definition) is 4. The smallest absolute Gasteiger partial charge is 0.0690 e. The number of piperazine rings is 1. The van der Waals surface area contributed by atoms with Gasteiger partial charge in [0.1, 0.15) is 0 Å². The zero-order chi connectivity index (χ0) is 16.9. The molecule has 1 fully saturated rings. The second-order valence-electron chi connectivity index (χ2n) is 6.49. The van der Waals surface area contributed by atoms with Crippen LogP contribution in [0.1, 0.15) is 11.1 Å². The predicted octanol–water partition coefficient (Wildman–Crippen LogP) is 2.59. The van der Waals surface area contributed by atoms with E-state index in [1.807, 2.05) is 35.5 Å². The number of rotatable bonds is 5. The summed E-state index contributed by atoms with van der Waals surface area (Å²) in [5.41, 5.74) is 3.84. The number of para-hydroxylation sites is 1. The van der Waals surface area contributed by atoms with Gasteiger partial charge in [-0.2, -0.15) is 5.10 Å². The maximum Gasteiger partial charge on any atom is 0.0690 e. The van der Waals surface area contributed by atoms with Crippen molar-refractivity contribution < 1.29 is 0 Å². The minimum Gasteiger partial charge on any atom is -0.297 e. The van der Waals surface area contributed by atoms with E-state index in [9.17, 15) is 0 Å². The van der Waals surface area contributed by atoms with Crippen LogP contribution in [0.3, 0.4) is 0 Å². The third kappa shape index (κ3) is 3.95. The minimum atomic E-state index is 0.971. The van der Waals surface area contributed by atoms with Gasteiger partial charge >= 0.3 is 0 Å². The minimum absolute atomic E-state index is 0.971. The molecule has 0 saturated carbocycles. The molecule has 128 valence electrons. The molecule has 0 bridgehead atoms. The Balaban J connectivity index is 1.36. The molecule has 0 atom stereocenters. The summed E-state index contributed by atoms with van der Waals surface area (Å²) < 4.78 is 1.95. The molecular weight excluding hydrogens is 310 g/mol. The average Bonchev–Trinajstić information content (AvgIpc) is 3.19. The van der Waals surface area contributed by atoms with Crippen LogP contribution in [0, 0.1) is 0 Å². The zero-order valence-corrected chi connectivity index (χ0v) is 14.3. The Labute approximate surface area is 148 Å². The van der Waals surface area contributed by atoms with Gasteiger partial charge in [0.2, 0.25) is 0 Å². The molecule has 25 heavy (non-hydrogen) atoms. The van der Waals surface area contributed by atoms with Crippen molar-refractivity contribution in [2.75, 3.05) is 26.2 Å². The van der Waals surface area contributed by atoms with Crippen molar-refractivity contribution >= 4 is 0 Å². The summed E-state index contributed by atoms with van der Waals surface area (Å²) in [5.74, 6) is 0. The predicted molar refractivity (Wildman–Crippen MR) is 98.4 cm³/mol. The largest absolute Gasteiger partial charge is 0.297 e. The first-order valence-electron chi connectivity index (χ1n) is 8.80. The Morgan fingerprint density at radius 2 is 1.48 bits per heavy atom. The Morgan fingerprint density at radius 1 is 0.760 bits per heavy atom. The van der Waals surface area contributed by atoms with Crippen molar-refractivity contribution in [3.05, 3.63) is 78.4 Å². The van der Waals surface area contributed by atoms with Gasteiger partial charge in [0.15, 0.2) is 0 Å². The van der Waals surface area contributed by atoms with Crippen LogP contribution >= 0.6 is 0 Å².